The van der Waals surface area contributed by atoms with Gasteiger partial charge in [0.2, 0.25) is 5.95 Å². The minimum atomic E-state index is -0.846. The molecule has 27 heavy (non-hydrogen) atoms. The van der Waals surface area contributed by atoms with Gasteiger partial charge in [0, 0.05) is 51.3 Å². The lowest BCUT2D eigenvalue weighted by molar-refractivity contribution is 0.0766. The predicted octanol–water partition coefficient (Wildman–Crippen LogP) is -0.0108. The number of anilines is 2. The molecule has 0 radical (unpaired) electrons. The SMILES string of the molecule is O=C(c1ccc(NC[C@@H](O)CO)nc1)N1CCCN(c2ncccn2)CC1. The van der Waals surface area contributed by atoms with Crippen molar-refractivity contribution in [3.63, 3.8) is 0 Å². The van der Waals surface area contributed by atoms with E-state index < -0.39 is 6.10 Å². The summed E-state index contributed by atoms with van der Waals surface area (Å²) in [5, 5.41) is 21.1. The van der Waals surface area contributed by atoms with Crippen LogP contribution in [-0.2, 0) is 0 Å². The highest BCUT2D eigenvalue weighted by molar-refractivity contribution is 5.94. The van der Waals surface area contributed by atoms with Gasteiger partial charge in [0.15, 0.2) is 0 Å². The average Bonchev–Trinajstić information content (AvgIpc) is 2.99. The number of aliphatic hydroxyl groups is 2. The van der Waals surface area contributed by atoms with Crippen molar-refractivity contribution in [2.75, 3.05) is 49.5 Å². The number of pyridine rings is 1. The maximum Gasteiger partial charge on any atom is 0.255 e. The second-order valence-electron chi connectivity index (χ2n) is 6.33. The Morgan fingerprint density at radius 3 is 2.67 bits per heavy atom. The number of aliphatic hydroxyl groups excluding tert-OH is 2. The summed E-state index contributed by atoms with van der Waals surface area (Å²) in [6.07, 6.45) is 4.96. The van der Waals surface area contributed by atoms with Crippen LogP contribution in [0.1, 0.15) is 16.8 Å². The third-order valence-electron chi connectivity index (χ3n) is 4.36. The van der Waals surface area contributed by atoms with Crippen molar-refractivity contribution in [3.8, 4) is 0 Å². The number of carbonyl (C=O) groups is 1. The molecule has 1 aliphatic heterocycles. The van der Waals surface area contributed by atoms with Crippen LogP contribution in [0, 0.1) is 0 Å². The summed E-state index contributed by atoms with van der Waals surface area (Å²) in [4.78, 5) is 29.4. The monoisotopic (exact) mass is 372 g/mol. The summed E-state index contributed by atoms with van der Waals surface area (Å²) >= 11 is 0. The molecular formula is C18H24N6O3. The Morgan fingerprint density at radius 1 is 1.15 bits per heavy atom. The first-order valence-electron chi connectivity index (χ1n) is 8.97. The molecule has 1 amide bonds. The van der Waals surface area contributed by atoms with E-state index in [4.69, 9.17) is 5.11 Å². The van der Waals surface area contributed by atoms with Crippen molar-refractivity contribution < 1.29 is 15.0 Å². The number of carbonyl (C=O) groups excluding carboxylic acids is 1. The highest BCUT2D eigenvalue weighted by Gasteiger charge is 2.21. The highest BCUT2D eigenvalue weighted by Crippen LogP contribution is 2.13. The molecule has 1 atom stereocenters. The quantitative estimate of drug-likeness (QED) is 0.649. The summed E-state index contributed by atoms with van der Waals surface area (Å²) in [6.45, 7) is 2.64. The van der Waals surface area contributed by atoms with Crippen molar-refractivity contribution in [2.45, 2.75) is 12.5 Å². The van der Waals surface area contributed by atoms with Gasteiger partial charge in [0.05, 0.1) is 18.3 Å². The molecule has 2 aromatic rings. The van der Waals surface area contributed by atoms with Crippen molar-refractivity contribution in [1.29, 1.82) is 0 Å². The molecule has 1 fully saturated rings. The van der Waals surface area contributed by atoms with Crippen LogP contribution in [0.4, 0.5) is 11.8 Å². The van der Waals surface area contributed by atoms with Gasteiger partial charge in [0.1, 0.15) is 5.82 Å². The molecule has 9 nitrogen and oxygen atoms in total. The van der Waals surface area contributed by atoms with E-state index in [2.05, 4.69) is 25.2 Å². The fourth-order valence-corrected chi connectivity index (χ4v) is 2.87. The smallest absolute Gasteiger partial charge is 0.255 e. The molecule has 3 N–H and O–H groups in total. The van der Waals surface area contributed by atoms with E-state index in [1.807, 2.05) is 4.90 Å². The van der Waals surface area contributed by atoms with Crippen molar-refractivity contribution >= 4 is 17.7 Å². The fourth-order valence-electron chi connectivity index (χ4n) is 2.87. The molecule has 0 bridgehead atoms. The van der Waals surface area contributed by atoms with Crippen molar-refractivity contribution in [1.82, 2.24) is 19.9 Å². The molecule has 2 aromatic heterocycles. The van der Waals surface area contributed by atoms with Crippen molar-refractivity contribution in [3.05, 3.63) is 42.4 Å². The Kier molecular flexibility index (Phi) is 6.50. The van der Waals surface area contributed by atoms with Crippen LogP contribution in [0.3, 0.4) is 0 Å². The van der Waals surface area contributed by atoms with E-state index in [-0.39, 0.29) is 19.1 Å². The van der Waals surface area contributed by atoms with Gasteiger partial charge >= 0.3 is 0 Å². The third-order valence-corrected chi connectivity index (χ3v) is 4.36. The number of hydrogen-bond donors (Lipinski definition) is 3. The van der Waals surface area contributed by atoms with Crippen LogP contribution in [0.2, 0.25) is 0 Å². The first kappa shape index (κ1) is 19.0. The maximum absolute atomic E-state index is 12.8. The second kappa shape index (κ2) is 9.24. The Morgan fingerprint density at radius 2 is 1.96 bits per heavy atom. The zero-order valence-corrected chi connectivity index (χ0v) is 15.0. The number of amides is 1. The minimum Gasteiger partial charge on any atom is -0.394 e. The minimum absolute atomic E-state index is 0.0553. The molecule has 3 heterocycles. The summed E-state index contributed by atoms with van der Waals surface area (Å²) in [6, 6.07) is 5.19. The number of nitrogens with one attached hydrogen (secondary N) is 1. The summed E-state index contributed by atoms with van der Waals surface area (Å²) in [7, 11) is 0. The highest BCUT2D eigenvalue weighted by atomic mass is 16.3. The number of hydrogen-bond acceptors (Lipinski definition) is 8. The second-order valence-corrected chi connectivity index (χ2v) is 6.33. The van der Waals surface area contributed by atoms with Gasteiger partial charge in [-0.2, -0.15) is 0 Å². The van der Waals surface area contributed by atoms with Crippen LogP contribution in [0.5, 0.6) is 0 Å². The van der Waals surface area contributed by atoms with E-state index >= 15 is 0 Å². The van der Waals surface area contributed by atoms with Crippen LogP contribution in [-0.4, -0.2) is 81.4 Å². The van der Waals surface area contributed by atoms with Gasteiger partial charge < -0.3 is 25.3 Å². The summed E-state index contributed by atoms with van der Waals surface area (Å²) < 4.78 is 0. The molecule has 3 rings (SSSR count). The topological polar surface area (TPSA) is 115 Å². The van der Waals surface area contributed by atoms with Gasteiger partial charge in [-0.05, 0) is 24.6 Å². The Bertz CT molecular complexity index is 728. The average molecular weight is 372 g/mol. The van der Waals surface area contributed by atoms with Gasteiger partial charge in [-0.3, -0.25) is 4.79 Å². The third kappa shape index (κ3) is 5.11. The van der Waals surface area contributed by atoms with Gasteiger partial charge in [-0.1, -0.05) is 0 Å². The lowest BCUT2D eigenvalue weighted by Gasteiger charge is -2.22. The zero-order valence-electron chi connectivity index (χ0n) is 15.0. The largest absolute Gasteiger partial charge is 0.394 e. The van der Waals surface area contributed by atoms with E-state index in [1.54, 1.807) is 30.6 Å². The van der Waals surface area contributed by atoms with E-state index in [0.29, 0.717) is 37.0 Å². The van der Waals surface area contributed by atoms with Crippen LogP contribution in [0.25, 0.3) is 0 Å². The molecule has 0 spiro atoms. The van der Waals surface area contributed by atoms with Crippen LogP contribution >= 0.6 is 0 Å². The molecule has 9 heteroatoms. The fraction of sp³-hybridized carbons (Fsp3) is 0.444. The van der Waals surface area contributed by atoms with Gasteiger partial charge in [-0.25, -0.2) is 15.0 Å². The van der Waals surface area contributed by atoms with Crippen LogP contribution < -0.4 is 10.2 Å². The zero-order chi connectivity index (χ0) is 19.1. The molecule has 1 saturated heterocycles. The van der Waals surface area contributed by atoms with E-state index in [1.165, 1.54) is 6.20 Å². The standard InChI is InChI=1S/C18H24N6O3/c25-13-15(26)12-22-16-4-3-14(11-21-16)17(27)23-7-2-8-24(10-9-23)18-19-5-1-6-20-18/h1,3-6,11,15,25-26H,2,7-10,12-13H2,(H,21,22)/t15-/m1/s1. The molecule has 0 aromatic carbocycles. The predicted molar refractivity (Wildman–Crippen MR) is 101 cm³/mol. The Labute approximate surface area is 157 Å². The molecule has 144 valence electrons. The van der Waals surface area contributed by atoms with E-state index in [9.17, 15) is 9.90 Å². The molecule has 0 aliphatic carbocycles. The number of nitrogens with zero attached hydrogens (tertiary/aromatic N) is 5. The Hall–Kier alpha value is -2.78. The lowest BCUT2D eigenvalue weighted by atomic mass is 10.2. The maximum atomic E-state index is 12.8. The van der Waals surface area contributed by atoms with Crippen molar-refractivity contribution in [2.24, 2.45) is 0 Å². The normalized spacial score (nSPS) is 15.9. The summed E-state index contributed by atoms with van der Waals surface area (Å²) in [5.41, 5.74) is 0.521. The first-order chi connectivity index (χ1) is 13.2. The van der Waals surface area contributed by atoms with Gasteiger partial charge in [-0.15, -0.1) is 0 Å². The molecule has 0 unspecified atom stereocenters. The number of rotatable bonds is 6. The molecule has 1 aliphatic rings. The molecule has 0 saturated carbocycles. The molecular weight excluding hydrogens is 348 g/mol. The first-order valence-corrected chi connectivity index (χ1v) is 8.97. The van der Waals surface area contributed by atoms with E-state index in [0.717, 1.165) is 13.0 Å². The number of aromatic nitrogens is 3. The summed E-state index contributed by atoms with van der Waals surface area (Å²) in [5.74, 6) is 1.18. The van der Waals surface area contributed by atoms with Crippen LogP contribution in [0.15, 0.2) is 36.8 Å². The lowest BCUT2D eigenvalue weighted by Crippen LogP contribution is -2.35. The van der Waals surface area contributed by atoms with Gasteiger partial charge in [0.25, 0.3) is 5.91 Å². The Balaban J connectivity index is 1.57.